The summed E-state index contributed by atoms with van der Waals surface area (Å²) in [4.78, 5) is 11.9. The minimum absolute atomic E-state index is 0.00582. The molecular weight excluding hydrogens is 254 g/mol. The van der Waals surface area contributed by atoms with Crippen molar-refractivity contribution in [3.8, 4) is 0 Å². The quantitative estimate of drug-likeness (QED) is 0.508. The fraction of sp³-hybridized carbons (Fsp3) is 0.438. The van der Waals surface area contributed by atoms with Gasteiger partial charge in [-0.25, -0.2) is 4.79 Å². The smallest absolute Gasteiger partial charge is 0.434 e. The first kappa shape index (κ1) is 14.6. The molecule has 4 nitrogen and oxygen atoms in total. The Morgan fingerprint density at radius 1 is 1.30 bits per heavy atom. The van der Waals surface area contributed by atoms with Crippen molar-refractivity contribution in [2.24, 2.45) is 0 Å². The minimum atomic E-state index is -0.702. The monoisotopic (exact) mass is 275 g/mol. The molecule has 0 heterocycles. The van der Waals surface area contributed by atoms with E-state index in [1.165, 1.54) is 0 Å². The van der Waals surface area contributed by atoms with Crippen molar-refractivity contribution in [3.63, 3.8) is 0 Å². The second kappa shape index (κ2) is 5.67. The third-order valence-electron chi connectivity index (χ3n) is 3.21. The molecule has 1 aromatic rings. The lowest BCUT2D eigenvalue weighted by Gasteiger charge is -2.30. The molecule has 0 saturated heterocycles. The van der Waals surface area contributed by atoms with E-state index in [0.29, 0.717) is 6.42 Å². The average molecular weight is 275 g/mol. The first-order chi connectivity index (χ1) is 9.38. The Kier molecular flexibility index (Phi) is 4.14. The SMILES string of the molecule is CC(C)(C)OC(=O)N(O)[C@H]1CC=C[C@@H]1c1ccccc1. The van der Waals surface area contributed by atoms with Crippen LogP contribution in [-0.2, 0) is 4.74 Å². The van der Waals surface area contributed by atoms with Crippen LogP contribution in [0.2, 0.25) is 0 Å². The summed E-state index contributed by atoms with van der Waals surface area (Å²) in [5.41, 5.74) is 0.459. The molecule has 0 saturated carbocycles. The maximum Gasteiger partial charge on any atom is 0.434 e. The number of benzene rings is 1. The Morgan fingerprint density at radius 3 is 2.55 bits per heavy atom. The highest BCUT2D eigenvalue weighted by atomic mass is 16.6. The molecule has 2 atom stereocenters. The van der Waals surface area contributed by atoms with Gasteiger partial charge in [-0.05, 0) is 32.8 Å². The van der Waals surface area contributed by atoms with E-state index in [-0.39, 0.29) is 12.0 Å². The number of nitrogens with zero attached hydrogens (tertiary/aromatic N) is 1. The van der Waals surface area contributed by atoms with Crippen molar-refractivity contribution >= 4 is 6.09 Å². The van der Waals surface area contributed by atoms with Crippen molar-refractivity contribution in [2.45, 2.75) is 44.8 Å². The minimum Gasteiger partial charge on any atom is -0.442 e. The average Bonchev–Trinajstić information content (AvgIpc) is 2.86. The van der Waals surface area contributed by atoms with Crippen molar-refractivity contribution in [3.05, 3.63) is 48.0 Å². The number of carbonyl (C=O) groups excluding carboxylic acids is 1. The Bertz CT molecular complexity index is 490. The summed E-state index contributed by atoms with van der Waals surface area (Å²) in [5.74, 6) is -0.00582. The van der Waals surface area contributed by atoms with Gasteiger partial charge in [-0.2, -0.15) is 5.06 Å². The Morgan fingerprint density at radius 2 is 1.95 bits per heavy atom. The van der Waals surface area contributed by atoms with Crippen LogP contribution in [-0.4, -0.2) is 28.0 Å². The largest absolute Gasteiger partial charge is 0.442 e. The van der Waals surface area contributed by atoms with E-state index in [1.807, 2.05) is 42.5 Å². The van der Waals surface area contributed by atoms with Crippen LogP contribution in [0, 0.1) is 0 Å². The molecule has 0 fully saturated rings. The van der Waals surface area contributed by atoms with E-state index in [1.54, 1.807) is 20.8 Å². The van der Waals surface area contributed by atoms with Gasteiger partial charge in [0.15, 0.2) is 0 Å². The first-order valence-corrected chi connectivity index (χ1v) is 6.81. The molecule has 1 aliphatic rings. The molecule has 1 amide bonds. The summed E-state index contributed by atoms with van der Waals surface area (Å²) >= 11 is 0. The van der Waals surface area contributed by atoms with Crippen LogP contribution in [0.4, 0.5) is 4.79 Å². The van der Waals surface area contributed by atoms with E-state index in [0.717, 1.165) is 10.6 Å². The van der Waals surface area contributed by atoms with Crippen LogP contribution in [0.1, 0.15) is 38.7 Å². The van der Waals surface area contributed by atoms with Crippen molar-refractivity contribution in [1.29, 1.82) is 0 Å². The van der Waals surface area contributed by atoms with Gasteiger partial charge in [-0.3, -0.25) is 5.21 Å². The van der Waals surface area contributed by atoms with Gasteiger partial charge in [-0.1, -0.05) is 42.5 Å². The summed E-state index contributed by atoms with van der Waals surface area (Å²) in [5, 5.41) is 10.9. The lowest BCUT2D eigenvalue weighted by molar-refractivity contribution is -0.120. The molecule has 1 aromatic carbocycles. The molecule has 108 valence electrons. The Balaban J connectivity index is 2.10. The zero-order valence-corrected chi connectivity index (χ0v) is 12.1. The van der Waals surface area contributed by atoms with Crippen LogP contribution in [0.5, 0.6) is 0 Å². The van der Waals surface area contributed by atoms with Gasteiger partial charge in [0.25, 0.3) is 0 Å². The predicted molar refractivity (Wildman–Crippen MR) is 76.6 cm³/mol. The van der Waals surface area contributed by atoms with Crippen LogP contribution < -0.4 is 0 Å². The zero-order chi connectivity index (χ0) is 14.8. The van der Waals surface area contributed by atoms with Crippen LogP contribution in [0.25, 0.3) is 0 Å². The number of hydrogen-bond acceptors (Lipinski definition) is 3. The Labute approximate surface area is 119 Å². The lowest BCUT2D eigenvalue weighted by Crippen LogP contribution is -2.42. The molecule has 20 heavy (non-hydrogen) atoms. The third-order valence-corrected chi connectivity index (χ3v) is 3.21. The van der Waals surface area contributed by atoms with Gasteiger partial charge in [0.05, 0.1) is 6.04 Å². The summed E-state index contributed by atoms with van der Waals surface area (Å²) in [7, 11) is 0. The van der Waals surface area contributed by atoms with Crippen LogP contribution in [0.3, 0.4) is 0 Å². The van der Waals surface area contributed by atoms with Gasteiger partial charge in [0.2, 0.25) is 0 Å². The zero-order valence-electron chi connectivity index (χ0n) is 12.1. The van der Waals surface area contributed by atoms with E-state index in [9.17, 15) is 10.0 Å². The Hall–Kier alpha value is -1.81. The maximum atomic E-state index is 11.9. The third kappa shape index (κ3) is 3.39. The summed E-state index contributed by atoms with van der Waals surface area (Å²) in [6, 6.07) is 9.53. The standard InChI is InChI=1S/C16H21NO3/c1-16(2,3)20-15(18)17(19)14-11-7-10-13(14)12-8-5-4-6-9-12/h4-10,13-14,19H,11H2,1-3H3/t13-,14+/m1/s1. The first-order valence-electron chi connectivity index (χ1n) is 6.81. The van der Waals surface area contributed by atoms with Crippen molar-refractivity contribution in [2.75, 3.05) is 0 Å². The molecule has 0 spiro atoms. The van der Waals surface area contributed by atoms with Gasteiger partial charge in [-0.15, -0.1) is 0 Å². The molecule has 0 aromatic heterocycles. The molecular formula is C16H21NO3. The van der Waals surface area contributed by atoms with Crippen LogP contribution in [0.15, 0.2) is 42.5 Å². The lowest BCUT2D eigenvalue weighted by atomic mass is 9.94. The topological polar surface area (TPSA) is 49.8 Å². The van der Waals surface area contributed by atoms with Gasteiger partial charge in [0, 0.05) is 5.92 Å². The van der Waals surface area contributed by atoms with Gasteiger partial charge >= 0.3 is 6.09 Å². The summed E-state index contributed by atoms with van der Waals surface area (Å²) in [6.07, 6.45) is 3.92. The molecule has 4 heteroatoms. The number of amides is 1. The molecule has 0 aliphatic heterocycles. The normalized spacial score (nSPS) is 21.8. The molecule has 1 N–H and O–H groups in total. The van der Waals surface area contributed by atoms with E-state index in [4.69, 9.17) is 4.74 Å². The summed E-state index contributed by atoms with van der Waals surface area (Å²) in [6.45, 7) is 5.33. The number of carbonyl (C=O) groups is 1. The van der Waals surface area contributed by atoms with Crippen molar-refractivity contribution < 1.29 is 14.7 Å². The second-order valence-corrected chi connectivity index (χ2v) is 5.99. The predicted octanol–water partition coefficient (Wildman–Crippen LogP) is 3.73. The highest BCUT2D eigenvalue weighted by Crippen LogP contribution is 2.32. The molecule has 0 unspecified atom stereocenters. The number of hydroxylamine groups is 2. The molecule has 2 rings (SSSR count). The number of rotatable bonds is 2. The van der Waals surface area contributed by atoms with Crippen molar-refractivity contribution in [1.82, 2.24) is 5.06 Å². The van der Waals surface area contributed by atoms with Crippen LogP contribution >= 0.6 is 0 Å². The van der Waals surface area contributed by atoms with Gasteiger partial charge < -0.3 is 4.74 Å². The van der Waals surface area contributed by atoms with E-state index in [2.05, 4.69) is 0 Å². The number of hydrogen-bond donors (Lipinski definition) is 1. The highest BCUT2D eigenvalue weighted by Gasteiger charge is 2.34. The number of ether oxygens (including phenoxy) is 1. The summed E-state index contributed by atoms with van der Waals surface area (Å²) < 4.78 is 5.21. The second-order valence-electron chi connectivity index (χ2n) is 5.99. The van der Waals surface area contributed by atoms with E-state index < -0.39 is 11.7 Å². The van der Waals surface area contributed by atoms with Gasteiger partial charge in [0.1, 0.15) is 5.60 Å². The molecule has 0 radical (unpaired) electrons. The maximum absolute atomic E-state index is 11.9. The molecule has 0 bridgehead atoms. The van der Waals surface area contributed by atoms with E-state index >= 15 is 0 Å². The molecule has 1 aliphatic carbocycles. The highest BCUT2D eigenvalue weighted by molar-refractivity contribution is 5.67. The fourth-order valence-electron chi connectivity index (χ4n) is 2.34. The fourth-order valence-corrected chi connectivity index (χ4v) is 2.34.